The van der Waals surface area contributed by atoms with E-state index in [1.54, 1.807) is 0 Å². The molecule has 0 spiro atoms. The van der Waals surface area contributed by atoms with Gasteiger partial charge in [-0.05, 0) is 38.5 Å². The first-order valence-corrected chi connectivity index (χ1v) is 31.0. The van der Waals surface area contributed by atoms with Gasteiger partial charge in [0.05, 0.1) is 50.7 Å². The van der Waals surface area contributed by atoms with E-state index in [4.69, 9.17) is 28.4 Å². The molecule has 3 heterocycles. The maximum Gasteiger partial charge on any atom is 0.364 e. The maximum absolute atomic E-state index is 13.4. The number of rotatable bonds is 45. The number of unbranched alkanes of at least 4 members (excludes halogenated alkanes) is 23. The van der Waals surface area contributed by atoms with Crippen molar-refractivity contribution in [1.29, 1.82) is 0 Å². The van der Waals surface area contributed by atoms with Gasteiger partial charge in [0.15, 0.2) is 12.6 Å². The number of ether oxygens (including phenoxy) is 6. The third kappa shape index (κ3) is 25.4. The molecule has 14 N–H and O–H groups in total. The number of hydrogen-bond donors (Lipinski definition) is 14. The molecule has 0 aromatic heterocycles. The SMILES string of the molecule is CCCCCCCC/C=C\CCCCCCCCCC(=O)NC(COC1OC(CO)C(OC2OC(CO)C(O)C(OC3(C(=O)O)CC(O)C(NC(C)=O)C(C(O)C(O)CO)O3)C2O)C(O)C1O)C(O)CCCCCCCCCCCCC. The van der Waals surface area contributed by atoms with Crippen LogP contribution < -0.4 is 10.6 Å². The van der Waals surface area contributed by atoms with Crippen LogP contribution in [0.15, 0.2) is 12.2 Å². The Morgan fingerprint density at radius 1 is 0.622 bits per heavy atom. The number of amides is 2. The molecule has 0 radical (unpaired) electrons. The summed E-state index contributed by atoms with van der Waals surface area (Å²) in [5.41, 5.74) is 0. The second kappa shape index (κ2) is 41.5. The fourth-order valence-corrected chi connectivity index (χ4v) is 10.9. The number of hydrogen-bond acceptors (Lipinski definition) is 20. The topological polar surface area (TPSA) is 373 Å². The Balaban J connectivity index is 1.64. The number of allylic oxidation sites excluding steroid dienone is 2. The Morgan fingerprint density at radius 2 is 1.13 bits per heavy atom. The van der Waals surface area contributed by atoms with Gasteiger partial charge in [-0.3, -0.25) is 9.59 Å². The first-order valence-electron chi connectivity index (χ1n) is 31.0. The van der Waals surface area contributed by atoms with Crippen LogP contribution >= 0.6 is 0 Å². The molecule has 0 aliphatic carbocycles. The van der Waals surface area contributed by atoms with E-state index < -0.39 is 148 Å². The zero-order valence-corrected chi connectivity index (χ0v) is 49.3. The minimum absolute atomic E-state index is 0.219. The van der Waals surface area contributed by atoms with Crippen LogP contribution in [0.25, 0.3) is 0 Å². The smallest absolute Gasteiger partial charge is 0.364 e. The normalized spacial score (nSPS) is 30.2. The summed E-state index contributed by atoms with van der Waals surface area (Å²) in [5.74, 6) is -6.11. The van der Waals surface area contributed by atoms with Crippen LogP contribution in [0.2, 0.25) is 0 Å². The van der Waals surface area contributed by atoms with Crippen molar-refractivity contribution >= 4 is 17.8 Å². The maximum atomic E-state index is 13.4. The van der Waals surface area contributed by atoms with Gasteiger partial charge in [-0.25, -0.2) is 4.79 Å². The minimum Gasteiger partial charge on any atom is -0.477 e. The predicted molar refractivity (Wildman–Crippen MR) is 301 cm³/mol. The first-order chi connectivity index (χ1) is 39.4. The van der Waals surface area contributed by atoms with Crippen molar-refractivity contribution in [2.45, 2.75) is 317 Å². The average Bonchev–Trinajstić information content (AvgIpc) is 3.45. The first kappa shape index (κ1) is 73.7. The van der Waals surface area contributed by atoms with Gasteiger partial charge in [-0.1, -0.05) is 161 Å². The zero-order valence-electron chi connectivity index (χ0n) is 49.3. The highest BCUT2D eigenvalue weighted by atomic mass is 16.8. The lowest BCUT2D eigenvalue weighted by atomic mass is 9.88. The van der Waals surface area contributed by atoms with E-state index in [0.29, 0.717) is 19.3 Å². The van der Waals surface area contributed by atoms with Gasteiger partial charge in [0.25, 0.3) is 5.79 Å². The molecule has 23 nitrogen and oxygen atoms in total. The highest BCUT2D eigenvalue weighted by Gasteiger charge is 2.60. The second-order valence-electron chi connectivity index (χ2n) is 22.9. The molecule has 18 atom stereocenters. The Morgan fingerprint density at radius 3 is 1.65 bits per heavy atom. The van der Waals surface area contributed by atoms with Gasteiger partial charge in [0.2, 0.25) is 11.8 Å². The van der Waals surface area contributed by atoms with Gasteiger partial charge in [-0.15, -0.1) is 0 Å². The molecule has 3 fully saturated rings. The predicted octanol–water partition coefficient (Wildman–Crippen LogP) is 3.17. The summed E-state index contributed by atoms with van der Waals surface area (Å²) in [4.78, 5) is 38.4. The van der Waals surface area contributed by atoms with Crippen LogP contribution in [0.1, 0.15) is 207 Å². The summed E-state index contributed by atoms with van der Waals surface area (Å²) in [6.45, 7) is 2.15. The zero-order chi connectivity index (χ0) is 60.5. The number of aliphatic carboxylic acids is 1. The van der Waals surface area contributed by atoms with Crippen molar-refractivity contribution in [1.82, 2.24) is 10.6 Å². The van der Waals surface area contributed by atoms with E-state index >= 15 is 0 Å². The third-order valence-electron chi connectivity index (χ3n) is 16.0. The van der Waals surface area contributed by atoms with E-state index in [1.165, 1.54) is 77.0 Å². The monoisotopic (exact) mass is 1180 g/mol. The highest BCUT2D eigenvalue weighted by Crippen LogP contribution is 2.38. The van der Waals surface area contributed by atoms with Crippen molar-refractivity contribution in [3.05, 3.63) is 12.2 Å². The number of carboxylic acid groups (broad SMARTS) is 1. The van der Waals surface area contributed by atoms with E-state index in [-0.39, 0.29) is 18.9 Å². The molecular weight excluding hydrogens is 1070 g/mol. The van der Waals surface area contributed by atoms with E-state index in [9.17, 15) is 75.7 Å². The molecule has 0 aromatic carbocycles. The highest BCUT2D eigenvalue weighted by molar-refractivity contribution is 5.77. The van der Waals surface area contributed by atoms with Crippen molar-refractivity contribution < 1.29 is 104 Å². The van der Waals surface area contributed by atoms with Gasteiger partial charge in [0.1, 0.15) is 67.1 Å². The number of aliphatic hydroxyl groups is 11. The Bertz CT molecular complexity index is 1740. The quantitative estimate of drug-likeness (QED) is 0.0307. The molecule has 480 valence electrons. The molecule has 0 aromatic rings. The summed E-state index contributed by atoms with van der Waals surface area (Å²) in [5, 5.41) is 136. The summed E-state index contributed by atoms with van der Waals surface area (Å²) in [6.07, 6.45) is 5.27. The molecule has 3 rings (SSSR count). The lowest BCUT2D eigenvalue weighted by molar-refractivity contribution is -0.386. The number of carbonyl (C=O) groups is 3. The number of carboxylic acids is 1. The summed E-state index contributed by atoms with van der Waals surface area (Å²) in [6, 6.07) is -2.53. The summed E-state index contributed by atoms with van der Waals surface area (Å²) >= 11 is 0. The molecule has 3 aliphatic rings. The fraction of sp³-hybridized carbons (Fsp3) is 0.915. The number of aliphatic hydroxyl groups excluding tert-OH is 11. The second-order valence-corrected chi connectivity index (χ2v) is 22.9. The Labute approximate surface area is 486 Å². The summed E-state index contributed by atoms with van der Waals surface area (Å²) < 4.78 is 34.7. The van der Waals surface area contributed by atoms with E-state index in [1.807, 2.05) is 0 Å². The van der Waals surface area contributed by atoms with Gasteiger partial charge in [0, 0.05) is 19.8 Å². The van der Waals surface area contributed by atoms with Crippen molar-refractivity contribution in [2.24, 2.45) is 0 Å². The molecule has 3 saturated heterocycles. The van der Waals surface area contributed by atoms with E-state index in [2.05, 4.69) is 36.6 Å². The molecule has 0 bridgehead atoms. The number of carbonyl (C=O) groups excluding carboxylic acids is 2. The minimum atomic E-state index is -3.08. The molecule has 0 saturated carbocycles. The standard InChI is InChI=1S/C59H108N2O21/c1-4-6-8-10-12-14-16-17-18-19-20-21-23-25-27-29-31-33-46(69)61-40(41(66)32-30-28-26-24-22-15-13-11-9-7-5-2)38-77-56-51(73)50(72)53(45(37-64)79-56)80-57-52(74)55(49(71)44(36-63)78-57)82-59(58(75)76)34-42(67)47(60-39(3)65)54(81-59)48(70)43(68)35-62/h17-18,40-45,47-57,62-64,66-68,70-74H,4-16,19-38H2,1-3H3,(H,60,65)(H,61,69)(H,75,76)/b18-17-. The van der Waals surface area contributed by atoms with Gasteiger partial charge >= 0.3 is 5.97 Å². The molecule has 23 heteroatoms. The fourth-order valence-electron chi connectivity index (χ4n) is 10.9. The van der Waals surface area contributed by atoms with Crippen molar-refractivity contribution in [3.63, 3.8) is 0 Å². The van der Waals surface area contributed by atoms with Crippen LogP contribution in [0.5, 0.6) is 0 Å². The Hall–Kier alpha value is -2.53. The van der Waals surface area contributed by atoms with Crippen molar-refractivity contribution in [2.75, 3.05) is 26.4 Å². The summed E-state index contributed by atoms with van der Waals surface area (Å²) in [7, 11) is 0. The number of nitrogens with one attached hydrogen (secondary N) is 2. The van der Waals surface area contributed by atoms with E-state index in [0.717, 1.165) is 84.0 Å². The lowest BCUT2D eigenvalue weighted by Gasteiger charge is -2.50. The van der Waals surface area contributed by atoms with Gasteiger partial charge < -0.3 is 100 Å². The molecular formula is C59H108N2O21. The van der Waals surface area contributed by atoms with Crippen LogP contribution in [0.4, 0.5) is 0 Å². The Kier molecular flexibility index (Phi) is 37.4. The molecule has 2 amide bonds. The lowest BCUT2D eigenvalue weighted by Crippen LogP contribution is -2.70. The molecule has 18 unspecified atom stereocenters. The van der Waals surface area contributed by atoms with Gasteiger partial charge in [-0.2, -0.15) is 0 Å². The largest absolute Gasteiger partial charge is 0.477 e. The van der Waals surface area contributed by atoms with Crippen LogP contribution in [-0.4, -0.2) is 215 Å². The van der Waals surface area contributed by atoms with Crippen molar-refractivity contribution in [3.8, 4) is 0 Å². The average molecular weight is 1180 g/mol. The van der Waals surface area contributed by atoms with Crippen LogP contribution in [0, 0.1) is 0 Å². The third-order valence-corrected chi connectivity index (χ3v) is 16.0. The van der Waals surface area contributed by atoms with Crippen LogP contribution in [-0.2, 0) is 42.8 Å². The van der Waals surface area contributed by atoms with Crippen LogP contribution in [0.3, 0.4) is 0 Å². The molecule has 3 aliphatic heterocycles. The molecule has 82 heavy (non-hydrogen) atoms.